The van der Waals surface area contributed by atoms with Crippen LogP contribution in [-0.2, 0) is 18.7 Å². The number of hydrogen-bond acceptors (Lipinski definition) is 6. The van der Waals surface area contributed by atoms with Gasteiger partial charge in [0.15, 0.2) is 0 Å². The third-order valence-electron chi connectivity index (χ3n) is 3.38. The molecule has 0 fully saturated rings. The Morgan fingerprint density at radius 3 is 2.61 bits per heavy atom. The van der Waals surface area contributed by atoms with Crippen LogP contribution in [0, 0.1) is 11.6 Å². The molecule has 10 heteroatoms. The van der Waals surface area contributed by atoms with Crippen molar-refractivity contribution >= 4 is 5.95 Å². The van der Waals surface area contributed by atoms with E-state index in [1.54, 1.807) is 0 Å². The molecule has 1 unspecified atom stereocenters. The van der Waals surface area contributed by atoms with Crippen molar-refractivity contribution in [1.82, 2.24) is 29.5 Å². The number of rotatable bonds is 5. The number of anilines is 1. The molecule has 3 N–H and O–H groups in total. The largest absolute Gasteiger partial charge is 0.381 e. The van der Waals surface area contributed by atoms with E-state index in [0.29, 0.717) is 6.07 Å². The Hall–Kier alpha value is -2.88. The van der Waals surface area contributed by atoms with Gasteiger partial charge in [0, 0.05) is 11.6 Å². The van der Waals surface area contributed by atoms with E-state index in [9.17, 15) is 13.9 Å². The van der Waals surface area contributed by atoms with Crippen molar-refractivity contribution in [2.45, 2.75) is 18.7 Å². The maximum atomic E-state index is 14.2. The normalized spacial score (nSPS) is 13.9. The van der Waals surface area contributed by atoms with Gasteiger partial charge in [0.2, 0.25) is 5.95 Å². The maximum absolute atomic E-state index is 14.2. The Morgan fingerprint density at radius 1 is 1.17 bits per heavy atom. The molecule has 2 aromatic heterocycles. The quantitative estimate of drug-likeness (QED) is 0.700. The van der Waals surface area contributed by atoms with E-state index in [4.69, 9.17) is 5.73 Å². The first-order valence-corrected chi connectivity index (χ1v) is 6.61. The highest BCUT2D eigenvalue weighted by atomic mass is 19.1. The maximum Gasteiger partial charge on any atom is 0.218 e. The van der Waals surface area contributed by atoms with Gasteiger partial charge in [0.25, 0.3) is 0 Å². The molecule has 3 rings (SSSR count). The molecule has 1 aromatic carbocycles. The van der Waals surface area contributed by atoms with Gasteiger partial charge >= 0.3 is 0 Å². The molecule has 0 radical (unpaired) electrons. The smallest absolute Gasteiger partial charge is 0.218 e. The number of aliphatic hydroxyl groups is 1. The Kier molecular flexibility index (Phi) is 3.74. The number of benzene rings is 1. The van der Waals surface area contributed by atoms with Crippen molar-refractivity contribution < 1.29 is 13.9 Å². The van der Waals surface area contributed by atoms with Gasteiger partial charge in [0.05, 0.1) is 13.1 Å². The Morgan fingerprint density at radius 2 is 2.00 bits per heavy atom. The number of hydrogen-bond donors (Lipinski definition) is 2. The lowest BCUT2D eigenvalue weighted by Gasteiger charge is -2.29. The Balaban J connectivity index is 2.03. The van der Waals surface area contributed by atoms with Crippen molar-refractivity contribution in [2.75, 3.05) is 5.73 Å². The van der Waals surface area contributed by atoms with Crippen molar-refractivity contribution in [3.63, 3.8) is 0 Å². The second-order valence-corrected chi connectivity index (χ2v) is 5.02. The molecule has 0 spiro atoms. The van der Waals surface area contributed by atoms with Crippen LogP contribution >= 0.6 is 0 Å². The monoisotopic (exact) mass is 321 g/mol. The van der Waals surface area contributed by atoms with Crippen molar-refractivity contribution in [1.29, 1.82) is 0 Å². The molecule has 0 aliphatic heterocycles. The summed E-state index contributed by atoms with van der Waals surface area (Å²) in [6.45, 7) is -0.323. The van der Waals surface area contributed by atoms with Crippen LogP contribution in [0.2, 0.25) is 0 Å². The third-order valence-corrected chi connectivity index (χ3v) is 3.38. The Bertz CT molecular complexity index is 805. The molecule has 0 saturated carbocycles. The van der Waals surface area contributed by atoms with E-state index in [-0.39, 0.29) is 24.6 Å². The molecule has 3 aromatic rings. The molecule has 23 heavy (non-hydrogen) atoms. The molecular weight excluding hydrogens is 308 g/mol. The lowest BCUT2D eigenvalue weighted by atomic mass is 9.93. The summed E-state index contributed by atoms with van der Waals surface area (Å²) in [5.41, 5.74) is 3.76. The number of aromatic nitrogens is 6. The standard InChI is InChI=1S/C13H13F2N7O/c14-9-1-2-10(11(15)3-9)13(23,4-21-8-17-6-19-21)5-22-12(16)18-7-20-22/h1-3,6-8,23H,4-5H2,(H2,16,18,20). The molecular formula is C13H13F2N7O. The summed E-state index contributed by atoms with van der Waals surface area (Å²) in [7, 11) is 0. The molecule has 2 heterocycles. The third kappa shape index (κ3) is 3.01. The molecule has 8 nitrogen and oxygen atoms in total. The minimum Gasteiger partial charge on any atom is -0.381 e. The van der Waals surface area contributed by atoms with Gasteiger partial charge in [-0.15, -0.1) is 0 Å². The number of nitrogen functional groups attached to an aromatic ring is 1. The molecule has 0 amide bonds. The minimum absolute atomic E-state index is 0.0598. The van der Waals surface area contributed by atoms with Gasteiger partial charge in [-0.2, -0.15) is 10.2 Å². The predicted molar refractivity (Wildman–Crippen MR) is 74.7 cm³/mol. The minimum atomic E-state index is -1.78. The highest BCUT2D eigenvalue weighted by molar-refractivity contribution is 5.26. The summed E-state index contributed by atoms with van der Waals surface area (Å²) in [6, 6.07) is 2.94. The van der Waals surface area contributed by atoms with E-state index in [1.165, 1.54) is 34.4 Å². The average molecular weight is 321 g/mol. The van der Waals surface area contributed by atoms with Gasteiger partial charge in [-0.05, 0) is 6.07 Å². The van der Waals surface area contributed by atoms with Crippen LogP contribution in [0.25, 0.3) is 0 Å². The van der Waals surface area contributed by atoms with Crippen LogP contribution in [-0.4, -0.2) is 34.6 Å². The molecule has 1 atom stereocenters. The zero-order chi connectivity index (χ0) is 16.4. The summed E-state index contributed by atoms with van der Waals surface area (Å²) in [5.74, 6) is -1.56. The van der Waals surface area contributed by atoms with Crippen LogP contribution in [0.15, 0.2) is 37.2 Å². The van der Waals surface area contributed by atoms with Gasteiger partial charge in [0.1, 0.15) is 36.2 Å². The lowest BCUT2D eigenvalue weighted by molar-refractivity contribution is -0.00795. The summed E-state index contributed by atoms with van der Waals surface area (Å²) < 4.78 is 29.9. The van der Waals surface area contributed by atoms with Gasteiger partial charge in [-0.3, -0.25) is 0 Å². The van der Waals surface area contributed by atoms with Crippen LogP contribution in [0.1, 0.15) is 5.56 Å². The fourth-order valence-corrected chi connectivity index (χ4v) is 2.31. The second kappa shape index (κ2) is 5.72. The van der Waals surface area contributed by atoms with Gasteiger partial charge in [-0.25, -0.2) is 28.1 Å². The first-order chi connectivity index (χ1) is 11.0. The summed E-state index contributed by atoms with van der Waals surface area (Å²) in [5, 5.41) is 18.8. The van der Waals surface area contributed by atoms with Crippen molar-refractivity contribution in [3.8, 4) is 0 Å². The Labute approximate surface area is 129 Å². The van der Waals surface area contributed by atoms with Crippen LogP contribution in [0.3, 0.4) is 0 Å². The van der Waals surface area contributed by atoms with E-state index in [1.807, 2.05) is 0 Å². The van der Waals surface area contributed by atoms with E-state index >= 15 is 0 Å². The van der Waals surface area contributed by atoms with E-state index in [2.05, 4.69) is 20.2 Å². The fourth-order valence-electron chi connectivity index (χ4n) is 2.31. The summed E-state index contributed by atoms with van der Waals surface area (Å²) in [6.07, 6.45) is 3.87. The first kappa shape index (κ1) is 15.0. The predicted octanol–water partition coefficient (Wildman–Crippen LogP) is 0.318. The molecule has 0 aliphatic rings. The number of nitrogens with two attached hydrogens (primary N) is 1. The van der Waals surface area contributed by atoms with Crippen molar-refractivity contribution in [3.05, 3.63) is 54.4 Å². The second-order valence-electron chi connectivity index (χ2n) is 5.02. The lowest BCUT2D eigenvalue weighted by Crippen LogP contribution is -2.38. The molecule has 0 bridgehead atoms. The highest BCUT2D eigenvalue weighted by Gasteiger charge is 2.35. The van der Waals surface area contributed by atoms with Gasteiger partial charge < -0.3 is 10.8 Å². The van der Waals surface area contributed by atoms with E-state index < -0.39 is 17.2 Å². The highest BCUT2D eigenvalue weighted by Crippen LogP contribution is 2.28. The van der Waals surface area contributed by atoms with E-state index in [0.717, 1.165) is 6.07 Å². The van der Waals surface area contributed by atoms with Crippen LogP contribution in [0.5, 0.6) is 0 Å². The SMILES string of the molecule is Nc1ncnn1CC(O)(Cn1cncn1)c1ccc(F)cc1F. The molecule has 120 valence electrons. The van der Waals surface area contributed by atoms with Crippen LogP contribution < -0.4 is 5.73 Å². The average Bonchev–Trinajstić information content (AvgIpc) is 3.11. The summed E-state index contributed by atoms with van der Waals surface area (Å²) in [4.78, 5) is 7.54. The number of halogens is 2. The zero-order valence-electron chi connectivity index (χ0n) is 11.8. The summed E-state index contributed by atoms with van der Waals surface area (Å²) >= 11 is 0. The number of nitrogens with zero attached hydrogens (tertiary/aromatic N) is 6. The van der Waals surface area contributed by atoms with Gasteiger partial charge in [-0.1, -0.05) is 6.07 Å². The first-order valence-electron chi connectivity index (χ1n) is 6.61. The molecule has 0 aliphatic carbocycles. The fraction of sp³-hybridized carbons (Fsp3) is 0.231. The topological polar surface area (TPSA) is 108 Å². The zero-order valence-corrected chi connectivity index (χ0v) is 11.8. The van der Waals surface area contributed by atoms with Crippen LogP contribution in [0.4, 0.5) is 14.7 Å². The van der Waals surface area contributed by atoms with Crippen molar-refractivity contribution in [2.24, 2.45) is 0 Å². The molecule has 0 saturated heterocycles.